The number of aromatic amines is 1. The Balaban J connectivity index is 1.23. The summed E-state index contributed by atoms with van der Waals surface area (Å²) in [4.78, 5) is 23.4. The second-order valence-electron chi connectivity index (χ2n) is 11.5. The fourth-order valence-electron chi connectivity index (χ4n) is 6.38. The maximum absolute atomic E-state index is 12.9. The van der Waals surface area contributed by atoms with E-state index in [2.05, 4.69) is 58.7 Å². The summed E-state index contributed by atoms with van der Waals surface area (Å²) in [7, 11) is 3.84. The van der Waals surface area contributed by atoms with E-state index in [0.717, 1.165) is 74.2 Å². The number of aromatic nitrogens is 2. The monoisotopic (exact) mass is 530 g/mol. The molecule has 0 saturated heterocycles. The molecule has 7 nitrogen and oxygen atoms in total. The molecule has 1 heterocycles. The number of imidazole rings is 1. The van der Waals surface area contributed by atoms with E-state index in [1.54, 1.807) is 7.11 Å². The predicted molar refractivity (Wildman–Crippen MR) is 156 cm³/mol. The van der Waals surface area contributed by atoms with E-state index >= 15 is 0 Å². The maximum Gasteiger partial charge on any atom is 0.407 e. The highest BCUT2D eigenvalue weighted by molar-refractivity contribution is 5.81. The minimum absolute atomic E-state index is 0.0478. The van der Waals surface area contributed by atoms with Crippen molar-refractivity contribution < 1.29 is 14.3 Å². The molecule has 1 aromatic heterocycles. The van der Waals surface area contributed by atoms with Crippen LogP contribution in [0.2, 0.25) is 0 Å². The minimum atomic E-state index is -0.469. The van der Waals surface area contributed by atoms with E-state index in [-0.39, 0.29) is 18.1 Å². The van der Waals surface area contributed by atoms with Crippen molar-refractivity contribution in [1.29, 1.82) is 0 Å². The van der Waals surface area contributed by atoms with E-state index in [1.165, 1.54) is 11.1 Å². The van der Waals surface area contributed by atoms with Gasteiger partial charge in [0.2, 0.25) is 0 Å². The van der Waals surface area contributed by atoms with Gasteiger partial charge in [0, 0.05) is 31.3 Å². The highest BCUT2D eigenvalue weighted by atomic mass is 16.6. The van der Waals surface area contributed by atoms with Crippen LogP contribution in [0.5, 0.6) is 5.75 Å². The highest BCUT2D eigenvalue weighted by Crippen LogP contribution is 2.52. The number of para-hydroxylation sites is 1. The molecule has 2 aromatic carbocycles. The van der Waals surface area contributed by atoms with Gasteiger partial charge in [-0.2, -0.15) is 0 Å². The Morgan fingerprint density at radius 2 is 1.97 bits per heavy atom. The number of alkyl carbamates (subject to hydrolysis) is 1. The number of nitrogens with zero attached hydrogens (tertiary/aromatic N) is 2. The summed E-state index contributed by atoms with van der Waals surface area (Å²) >= 11 is 0. The number of H-pyrrole nitrogens is 1. The van der Waals surface area contributed by atoms with E-state index in [0.29, 0.717) is 5.92 Å². The number of carbonyl (C=O) groups is 1. The fraction of sp³-hybridized carbons (Fsp3) is 0.500. The van der Waals surface area contributed by atoms with Crippen molar-refractivity contribution in [3.63, 3.8) is 0 Å². The summed E-state index contributed by atoms with van der Waals surface area (Å²) in [6.45, 7) is 5.77. The van der Waals surface area contributed by atoms with E-state index in [4.69, 9.17) is 14.5 Å². The van der Waals surface area contributed by atoms with Gasteiger partial charge in [-0.3, -0.25) is 0 Å². The molecule has 39 heavy (non-hydrogen) atoms. The number of rotatable bonds is 11. The van der Waals surface area contributed by atoms with Crippen molar-refractivity contribution in [2.45, 2.75) is 64.0 Å². The summed E-state index contributed by atoms with van der Waals surface area (Å²) in [5.41, 5.74) is 4.15. The molecule has 3 aliphatic rings. The number of allylic oxidation sites excluding steroid dienone is 1. The van der Waals surface area contributed by atoms with Gasteiger partial charge in [0.25, 0.3) is 0 Å². The van der Waals surface area contributed by atoms with Crippen LogP contribution in [0.1, 0.15) is 57.3 Å². The second-order valence-corrected chi connectivity index (χ2v) is 11.5. The van der Waals surface area contributed by atoms with Gasteiger partial charge in [0.1, 0.15) is 22.7 Å². The van der Waals surface area contributed by atoms with Crippen LogP contribution < -0.4 is 10.1 Å². The third kappa shape index (κ3) is 6.14. The van der Waals surface area contributed by atoms with Gasteiger partial charge in [-0.15, -0.1) is 0 Å². The molecule has 1 amide bonds. The number of methoxy groups -OCH3 is 1. The molecule has 1 saturated carbocycles. The van der Waals surface area contributed by atoms with Gasteiger partial charge in [-0.05, 0) is 82.3 Å². The van der Waals surface area contributed by atoms with Gasteiger partial charge < -0.3 is 24.7 Å². The highest BCUT2D eigenvalue weighted by Gasteiger charge is 2.50. The maximum atomic E-state index is 12.9. The lowest BCUT2D eigenvalue weighted by atomic mass is 9.61. The third-order valence-corrected chi connectivity index (χ3v) is 8.34. The van der Waals surface area contributed by atoms with Gasteiger partial charge >= 0.3 is 6.09 Å². The van der Waals surface area contributed by atoms with Crippen LogP contribution in [0.15, 0.2) is 54.6 Å². The molecule has 0 radical (unpaired) electrons. The van der Waals surface area contributed by atoms with Gasteiger partial charge in [0.15, 0.2) is 0 Å². The molecule has 3 aliphatic carbocycles. The number of ether oxygens (including phenoxy) is 2. The number of nitrogens with one attached hydrogen (secondary N) is 2. The second kappa shape index (κ2) is 11.8. The molecular weight excluding hydrogens is 488 g/mol. The zero-order chi connectivity index (χ0) is 27.4. The Morgan fingerprint density at radius 1 is 1.15 bits per heavy atom. The molecule has 1 fully saturated rings. The average Bonchev–Trinajstić information content (AvgIpc) is 3.35. The van der Waals surface area contributed by atoms with Gasteiger partial charge in [-0.1, -0.05) is 42.5 Å². The number of amides is 1. The Bertz CT molecular complexity index is 1300. The number of fused-ring (bicyclic) bond motifs is 3. The zero-order valence-corrected chi connectivity index (χ0v) is 23.7. The summed E-state index contributed by atoms with van der Waals surface area (Å²) in [5.74, 6) is 2.43. The lowest BCUT2D eigenvalue weighted by molar-refractivity contribution is -0.0682. The van der Waals surface area contributed by atoms with Crippen molar-refractivity contribution in [2.24, 2.45) is 11.8 Å². The number of aryl methyl sites for hydroxylation is 1. The largest absolute Gasteiger partial charge is 0.494 e. The number of benzene rings is 2. The Kier molecular flexibility index (Phi) is 8.26. The molecule has 7 heteroatoms. The van der Waals surface area contributed by atoms with Crippen LogP contribution in [0.4, 0.5) is 4.79 Å². The minimum Gasteiger partial charge on any atom is -0.494 e. The van der Waals surface area contributed by atoms with Crippen LogP contribution in [-0.2, 0) is 11.2 Å². The zero-order valence-electron chi connectivity index (χ0n) is 23.7. The van der Waals surface area contributed by atoms with Crippen LogP contribution >= 0.6 is 0 Å². The summed E-state index contributed by atoms with van der Waals surface area (Å²) in [6.07, 6.45) is 7.91. The molecular formula is C32H42N4O3. The molecule has 2 bridgehead atoms. The van der Waals surface area contributed by atoms with Crippen molar-refractivity contribution in [3.8, 4) is 5.75 Å². The quantitative estimate of drug-likeness (QED) is 0.308. The van der Waals surface area contributed by atoms with Crippen LogP contribution in [0.3, 0.4) is 0 Å². The topological polar surface area (TPSA) is 79.5 Å². The lowest BCUT2D eigenvalue weighted by Gasteiger charge is -2.50. The molecule has 208 valence electrons. The van der Waals surface area contributed by atoms with Crippen LogP contribution in [0, 0.1) is 11.8 Å². The summed E-state index contributed by atoms with van der Waals surface area (Å²) in [6, 6.07) is 16.7. The van der Waals surface area contributed by atoms with Crippen molar-refractivity contribution in [3.05, 3.63) is 66.0 Å². The van der Waals surface area contributed by atoms with Gasteiger partial charge in [0.05, 0.1) is 12.6 Å². The first-order chi connectivity index (χ1) is 18.9. The predicted octanol–water partition coefficient (Wildman–Crippen LogP) is 6.21. The lowest BCUT2D eigenvalue weighted by Crippen LogP contribution is -2.52. The van der Waals surface area contributed by atoms with E-state index in [9.17, 15) is 4.79 Å². The van der Waals surface area contributed by atoms with E-state index in [1.807, 2.05) is 32.0 Å². The number of carbonyl (C=O) groups excluding carboxylic acids is 1. The fourth-order valence-corrected chi connectivity index (χ4v) is 6.38. The molecule has 2 N–H and O–H groups in total. The van der Waals surface area contributed by atoms with Gasteiger partial charge in [-0.25, -0.2) is 9.78 Å². The number of hydrogen-bond donors (Lipinski definition) is 2. The Morgan fingerprint density at radius 3 is 2.69 bits per heavy atom. The van der Waals surface area contributed by atoms with Crippen LogP contribution in [-0.4, -0.2) is 59.9 Å². The van der Waals surface area contributed by atoms with Crippen molar-refractivity contribution in [2.75, 3.05) is 27.2 Å². The van der Waals surface area contributed by atoms with Crippen molar-refractivity contribution in [1.82, 2.24) is 20.2 Å². The molecule has 3 atom stereocenters. The molecule has 3 unspecified atom stereocenters. The smallest absolute Gasteiger partial charge is 0.407 e. The standard InChI is InChI=1S/C32H42N4O3/c1-22(2)33-31(37)39-32(21-24-15-16-25(32)20-26(24)23-10-6-5-7-11-23)17-19-36(3)18-9-14-29-34-27-12-8-13-28(38-4)30(27)35-29/h5-8,10-13,20,22,24-25H,9,14-19,21H2,1-4H3,(H,33,37)(H,34,35). The first-order valence-corrected chi connectivity index (χ1v) is 14.3. The van der Waals surface area contributed by atoms with Crippen LogP contribution in [0.25, 0.3) is 16.6 Å². The summed E-state index contributed by atoms with van der Waals surface area (Å²) in [5, 5.41) is 2.96. The number of hydrogen-bond acceptors (Lipinski definition) is 5. The molecule has 6 rings (SSSR count). The molecule has 0 spiro atoms. The van der Waals surface area contributed by atoms with E-state index < -0.39 is 5.60 Å². The third-order valence-electron chi connectivity index (χ3n) is 8.34. The SMILES string of the molecule is COc1cccc2[nH]c(CCCN(C)CCC3(OC(=O)NC(C)C)CC4CCC3C=C4c3ccccc3)nc12. The van der Waals surface area contributed by atoms with Crippen molar-refractivity contribution >= 4 is 22.7 Å². The first-order valence-electron chi connectivity index (χ1n) is 14.3. The Hall–Kier alpha value is -3.32. The first kappa shape index (κ1) is 27.3. The molecule has 3 aromatic rings. The summed E-state index contributed by atoms with van der Waals surface area (Å²) < 4.78 is 11.8. The molecule has 0 aliphatic heterocycles. The Labute approximate surface area is 232 Å². The average molecular weight is 531 g/mol. The normalized spacial score (nSPS) is 22.4.